The minimum absolute atomic E-state index is 0.477. The van der Waals surface area contributed by atoms with Crippen LogP contribution in [0.2, 0.25) is 0 Å². The summed E-state index contributed by atoms with van der Waals surface area (Å²) in [6.45, 7) is 7.70. The summed E-state index contributed by atoms with van der Waals surface area (Å²) in [5.41, 5.74) is 3.43. The fraction of sp³-hybridized carbons (Fsp3) is 0.478. The number of aryl methyl sites for hydroxylation is 1. The Bertz CT molecular complexity index is 986. The Labute approximate surface area is 177 Å². The van der Waals surface area contributed by atoms with E-state index in [1.165, 1.54) is 11.3 Å². The predicted molar refractivity (Wildman–Crippen MR) is 114 cm³/mol. The fourth-order valence-corrected chi connectivity index (χ4v) is 4.14. The molecule has 7 heteroatoms. The van der Waals surface area contributed by atoms with Gasteiger partial charge in [-0.05, 0) is 38.8 Å². The van der Waals surface area contributed by atoms with Crippen molar-refractivity contribution in [3.63, 3.8) is 0 Å². The lowest BCUT2D eigenvalue weighted by Crippen LogP contribution is -2.45. The van der Waals surface area contributed by atoms with E-state index < -0.39 is 5.60 Å². The summed E-state index contributed by atoms with van der Waals surface area (Å²) in [5.74, 6) is 1.49. The second-order valence-corrected chi connectivity index (χ2v) is 8.16. The zero-order valence-corrected chi connectivity index (χ0v) is 18.0. The Balaban J connectivity index is 1.36. The van der Waals surface area contributed by atoms with Crippen molar-refractivity contribution < 1.29 is 14.4 Å². The van der Waals surface area contributed by atoms with Gasteiger partial charge in [-0.2, -0.15) is 5.10 Å². The largest absolute Gasteiger partial charge is 0.497 e. The fourth-order valence-electron chi connectivity index (χ4n) is 4.14. The van der Waals surface area contributed by atoms with E-state index in [9.17, 15) is 5.11 Å². The van der Waals surface area contributed by atoms with E-state index >= 15 is 0 Å². The zero-order chi connectivity index (χ0) is 21.1. The number of methoxy groups -OCH3 is 1. The first kappa shape index (κ1) is 20.6. The lowest BCUT2D eigenvalue weighted by Gasteiger charge is -2.37. The smallest absolute Gasteiger partial charge is 0.140 e. The van der Waals surface area contributed by atoms with Crippen molar-refractivity contribution in [3.05, 3.63) is 53.5 Å². The average molecular weight is 411 g/mol. The first-order valence-electron chi connectivity index (χ1n) is 10.6. The Morgan fingerprint density at radius 3 is 2.73 bits per heavy atom. The highest BCUT2D eigenvalue weighted by atomic mass is 16.5. The maximum atomic E-state index is 11.1. The number of piperidine rings is 1. The molecule has 7 nitrogen and oxygen atoms in total. The normalized spacial score (nSPS) is 16.7. The van der Waals surface area contributed by atoms with Gasteiger partial charge in [0.2, 0.25) is 0 Å². The van der Waals surface area contributed by atoms with E-state index in [4.69, 9.17) is 9.26 Å². The molecular weight excluding hydrogens is 380 g/mol. The molecule has 1 aromatic carbocycles. The maximum absolute atomic E-state index is 11.1. The van der Waals surface area contributed by atoms with Gasteiger partial charge in [0.15, 0.2) is 0 Å². The molecule has 1 fully saturated rings. The summed E-state index contributed by atoms with van der Waals surface area (Å²) in [4.78, 5) is 2.39. The molecule has 4 rings (SSSR count). The number of nitrogens with zero attached hydrogens (tertiary/aromatic N) is 4. The van der Waals surface area contributed by atoms with Crippen LogP contribution in [0.4, 0.5) is 0 Å². The number of rotatable bonds is 7. The van der Waals surface area contributed by atoms with E-state index in [1.54, 1.807) is 7.11 Å². The van der Waals surface area contributed by atoms with E-state index in [2.05, 4.69) is 29.0 Å². The van der Waals surface area contributed by atoms with Gasteiger partial charge in [-0.15, -0.1) is 0 Å². The molecular formula is C23H30N4O3. The Morgan fingerprint density at radius 1 is 1.23 bits per heavy atom. The van der Waals surface area contributed by atoms with Crippen LogP contribution >= 0.6 is 0 Å². The molecule has 3 aromatic rings. The van der Waals surface area contributed by atoms with Crippen LogP contribution in [-0.4, -0.2) is 50.7 Å². The van der Waals surface area contributed by atoms with Gasteiger partial charge in [0, 0.05) is 55.5 Å². The summed E-state index contributed by atoms with van der Waals surface area (Å²) in [6.07, 6.45) is 3.87. The van der Waals surface area contributed by atoms with Crippen molar-refractivity contribution in [1.29, 1.82) is 0 Å². The quantitative estimate of drug-likeness (QED) is 0.643. The van der Waals surface area contributed by atoms with E-state index in [0.29, 0.717) is 25.0 Å². The van der Waals surface area contributed by atoms with Crippen LogP contribution in [0.5, 0.6) is 5.75 Å². The number of likely N-dealkylation sites (tertiary alicyclic amines) is 1. The van der Waals surface area contributed by atoms with Gasteiger partial charge < -0.3 is 14.4 Å². The summed E-state index contributed by atoms with van der Waals surface area (Å²) < 4.78 is 12.8. The van der Waals surface area contributed by atoms with Crippen molar-refractivity contribution >= 4 is 0 Å². The molecule has 0 amide bonds. The predicted octanol–water partition coefficient (Wildman–Crippen LogP) is 3.44. The van der Waals surface area contributed by atoms with Crippen molar-refractivity contribution in [2.24, 2.45) is 0 Å². The van der Waals surface area contributed by atoms with Crippen LogP contribution in [0, 0.1) is 6.92 Å². The third kappa shape index (κ3) is 4.42. The van der Waals surface area contributed by atoms with Crippen molar-refractivity contribution in [1.82, 2.24) is 19.8 Å². The number of aliphatic hydroxyl groups is 1. The average Bonchev–Trinajstić information content (AvgIpc) is 3.36. The van der Waals surface area contributed by atoms with Crippen LogP contribution in [0.3, 0.4) is 0 Å². The van der Waals surface area contributed by atoms with Crippen molar-refractivity contribution in [3.8, 4) is 17.0 Å². The first-order chi connectivity index (χ1) is 14.5. The number of aromatic nitrogens is 3. The molecule has 160 valence electrons. The lowest BCUT2D eigenvalue weighted by atomic mass is 9.87. The van der Waals surface area contributed by atoms with Gasteiger partial charge in [0.05, 0.1) is 18.9 Å². The summed E-state index contributed by atoms with van der Waals surface area (Å²) in [7, 11) is 1.65. The van der Waals surface area contributed by atoms with Gasteiger partial charge in [-0.3, -0.25) is 9.58 Å². The highest BCUT2D eigenvalue weighted by molar-refractivity contribution is 5.60. The molecule has 1 aliphatic rings. The molecule has 2 aromatic heterocycles. The molecule has 0 unspecified atom stereocenters. The topological polar surface area (TPSA) is 76.6 Å². The number of hydrogen-bond donors (Lipinski definition) is 1. The SMILES string of the molecule is CCn1ncc(CN2CCC(O)(Cc3cc(-c4cccc(OC)c4)no3)CC2)c1C. The molecule has 0 saturated carbocycles. The molecule has 1 saturated heterocycles. The minimum atomic E-state index is -0.760. The third-order valence-corrected chi connectivity index (χ3v) is 6.11. The molecule has 30 heavy (non-hydrogen) atoms. The third-order valence-electron chi connectivity index (χ3n) is 6.11. The van der Waals surface area contributed by atoms with Crippen LogP contribution in [-0.2, 0) is 19.5 Å². The molecule has 3 heterocycles. The molecule has 0 radical (unpaired) electrons. The maximum Gasteiger partial charge on any atom is 0.140 e. The number of benzene rings is 1. The number of hydrogen-bond acceptors (Lipinski definition) is 6. The molecule has 0 bridgehead atoms. The zero-order valence-electron chi connectivity index (χ0n) is 18.0. The van der Waals surface area contributed by atoms with Gasteiger partial charge in [-0.25, -0.2) is 0 Å². The van der Waals surface area contributed by atoms with Gasteiger partial charge in [0.25, 0.3) is 0 Å². The van der Waals surface area contributed by atoms with Gasteiger partial charge in [-0.1, -0.05) is 17.3 Å². The Kier molecular flexibility index (Phi) is 5.92. The second-order valence-electron chi connectivity index (χ2n) is 8.16. The number of ether oxygens (including phenoxy) is 1. The van der Waals surface area contributed by atoms with Gasteiger partial charge in [0.1, 0.15) is 17.2 Å². The minimum Gasteiger partial charge on any atom is -0.497 e. The highest BCUT2D eigenvalue weighted by Gasteiger charge is 2.34. The van der Waals surface area contributed by atoms with Crippen LogP contribution in [0.15, 0.2) is 41.1 Å². The molecule has 0 spiro atoms. The van der Waals surface area contributed by atoms with E-state index in [0.717, 1.165) is 43.2 Å². The van der Waals surface area contributed by atoms with Crippen LogP contribution < -0.4 is 4.74 Å². The monoisotopic (exact) mass is 410 g/mol. The first-order valence-corrected chi connectivity index (χ1v) is 10.6. The molecule has 0 aliphatic carbocycles. The summed E-state index contributed by atoms with van der Waals surface area (Å²) >= 11 is 0. The van der Waals surface area contributed by atoms with Crippen molar-refractivity contribution in [2.45, 2.75) is 51.8 Å². The van der Waals surface area contributed by atoms with Crippen LogP contribution in [0.25, 0.3) is 11.3 Å². The van der Waals surface area contributed by atoms with Crippen LogP contribution in [0.1, 0.15) is 36.8 Å². The van der Waals surface area contributed by atoms with E-state index in [1.807, 2.05) is 41.2 Å². The van der Waals surface area contributed by atoms with Gasteiger partial charge >= 0.3 is 0 Å². The summed E-state index contributed by atoms with van der Waals surface area (Å²) in [5, 5.41) is 19.7. The summed E-state index contributed by atoms with van der Waals surface area (Å²) in [6, 6.07) is 9.65. The van der Waals surface area contributed by atoms with E-state index in [-0.39, 0.29) is 0 Å². The highest BCUT2D eigenvalue weighted by Crippen LogP contribution is 2.30. The molecule has 1 aliphatic heterocycles. The molecule has 1 N–H and O–H groups in total. The standard InChI is InChI=1S/C23H30N4O3/c1-4-27-17(2)19(15-24-27)16-26-10-8-23(28,9-11-26)14-21-13-22(25-30-21)18-6-5-7-20(12-18)29-3/h5-7,12-13,15,28H,4,8-11,14,16H2,1-3H3. The molecule has 0 atom stereocenters. The Hall–Kier alpha value is -2.64. The van der Waals surface area contributed by atoms with Crippen molar-refractivity contribution in [2.75, 3.05) is 20.2 Å². The second kappa shape index (κ2) is 8.62. The lowest BCUT2D eigenvalue weighted by molar-refractivity contribution is -0.0265. The Morgan fingerprint density at radius 2 is 2.03 bits per heavy atom.